The molecule has 0 saturated carbocycles. The fraction of sp³-hybridized carbons (Fsp3) is 0.231. The van der Waals surface area contributed by atoms with Gasteiger partial charge in [-0.2, -0.15) is 0 Å². The molecule has 2 rings (SSSR count). The summed E-state index contributed by atoms with van der Waals surface area (Å²) >= 11 is 7.14. The Morgan fingerprint density at radius 2 is 2.12 bits per heavy atom. The van der Waals surface area contributed by atoms with Crippen molar-refractivity contribution in [3.8, 4) is 0 Å². The van der Waals surface area contributed by atoms with Gasteiger partial charge in [0.2, 0.25) is 0 Å². The quantitative estimate of drug-likeness (QED) is 0.887. The minimum Gasteiger partial charge on any atom is -0.383 e. The second kappa shape index (κ2) is 5.17. The monoisotopic (exact) mass is 270 g/mol. The number of halogens is 2. The highest BCUT2D eigenvalue weighted by atomic mass is 35.5. The van der Waals surface area contributed by atoms with Gasteiger partial charge in [0.25, 0.3) is 0 Å². The highest BCUT2D eigenvalue weighted by Gasteiger charge is 2.14. The normalized spacial score (nSPS) is 12.7. The third kappa shape index (κ3) is 2.68. The molecule has 0 aliphatic rings. The molecule has 1 aromatic heterocycles. The van der Waals surface area contributed by atoms with E-state index in [2.05, 4.69) is 6.92 Å². The van der Waals surface area contributed by atoms with Crippen LogP contribution in [-0.2, 0) is 6.42 Å². The number of aliphatic hydroxyl groups is 1. The van der Waals surface area contributed by atoms with Gasteiger partial charge in [0, 0.05) is 9.75 Å². The van der Waals surface area contributed by atoms with Crippen LogP contribution in [0, 0.1) is 5.82 Å². The summed E-state index contributed by atoms with van der Waals surface area (Å²) in [6, 6.07) is 8.24. The molecule has 0 amide bonds. The molecule has 0 saturated heterocycles. The first kappa shape index (κ1) is 12.6. The third-order valence-electron chi connectivity index (χ3n) is 2.56. The first-order valence-corrected chi connectivity index (χ1v) is 6.53. The van der Waals surface area contributed by atoms with Gasteiger partial charge >= 0.3 is 0 Å². The molecule has 90 valence electrons. The molecule has 0 fully saturated rings. The highest BCUT2D eigenvalue weighted by molar-refractivity contribution is 7.12. The first-order valence-electron chi connectivity index (χ1n) is 5.33. The van der Waals surface area contributed by atoms with Gasteiger partial charge in [-0.3, -0.25) is 0 Å². The standard InChI is InChI=1S/C13H12ClFOS/c1-2-9-4-6-12(17-9)13(16)8-3-5-10(14)11(15)7-8/h3-7,13,16H,2H2,1H3. The average Bonchev–Trinajstić information content (AvgIpc) is 2.80. The lowest BCUT2D eigenvalue weighted by Gasteiger charge is -2.09. The SMILES string of the molecule is CCc1ccc(C(O)c2ccc(Cl)c(F)c2)s1. The van der Waals surface area contributed by atoms with Gasteiger partial charge in [-0.05, 0) is 36.2 Å². The number of rotatable bonds is 3. The van der Waals surface area contributed by atoms with Gasteiger partial charge in [0.1, 0.15) is 11.9 Å². The molecule has 1 nitrogen and oxygen atoms in total. The van der Waals surface area contributed by atoms with Crippen molar-refractivity contribution in [1.29, 1.82) is 0 Å². The van der Waals surface area contributed by atoms with Crippen LogP contribution >= 0.6 is 22.9 Å². The van der Waals surface area contributed by atoms with E-state index in [-0.39, 0.29) is 5.02 Å². The van der Waals surface area contributed by atoms with Crippen molar-refractivity contribution in [2.45, 2.75) is 19.4 Å². The molecular weight excluding hydrogens is 259 g/mol. The summed E-state index contributed by atoms with van der Waals surface area (Å²) in [6.45, 7) is 2.06. The predicted molar refractivity (Wildman–Crippen MR) is 69.2 cm³/mol. The number of aryl methyl sites for hydroxylation is 1. The summed E-state index contributed by atoms with van der Waals surface area (Å²) in [5.74, 6) is -0.504. The van der Waals surface area contributed by atoms with Gasteiger partial charge in [-0.25, -0.2) is 4.39 Å². The van der Waals surface area contributed by atoms with Crippen LogP contribution in [-0.4, -0.2) is 5.11 Å². The maximum Gasteiger partial charge on any atom is 0.142 e. The number of hydrogen-bond acceptors (Lipinski definition) is 2. The maximum absolute atomic E-state index is 13.3. The van der Waals surface area contributed by atoms with Crippen molar-refractivity contribution < 1.29 is 9.50 Å². The van der Waals surface area contributed by atoms with E-state index in [4.69, 9.17) is 11.6 Å². The number of hydrogen-bond donors (Lipinski definition) is 1. The average molecular weight is 271 g/mol. The number of aliphatic hydroxyl groups excluding tert-OH is 1. The Morgan fingerprint density at radius 1 is 1.35 bits per heavy atom. The van der Waals surface area contributed by atoms with Crippen molar-refractivity contribution in [2.75, 3.05) is 0 Å². The molecule has 4 heteroatoms. The van der Waals surface area contributed by atoms with E-state index in [9.17, 15) is 9.50 Å². The Bertz CT molecular complexity index is 524. The van der Waals surface area contributed by atoms with E-state index in [1.807, 2.05) is 12.1 Å². The molecule has 1 unspecified atom stereocenters. The molecule has 1 heterocycles. The lowest BCUT2D eigenvalue weighted by Crippen LogP contribution is -1.97. The van der Waals surface area contributed by atoms with Gasteiger partial charge in [0.15, 0.2) is 0 Å². The third-order valence-corrected chi connectivity index (χ3v) is 4.15. The molecule has 1 atom stereocenters. The van der Waals surface area contributed by atoms with Crippen molar-refractivity contribution in [2.24, 2.45) is 0 Å². The molecule has 0 radical (unpaired) electrons. The Balaban J connectivity index is 2.29. The largest absolute Gasteiger partial charge is 0.383 e. The second-order valence-corrected chi connectivity index (χ2v) is 5.34. The van der Waals surface area contributed by atoms with E-state index in [1.54, 1.807) is 17.4 Å². The van der Waals surface area contributed by atoms with Crippen LogP contribution in [0.5, 0.6) is 0 Å². The zero-order valence-electron chi connectivity index (χ0n) is 9.28. The van der Waals surface area contributed by atoms with Crippen molar-refractivity contribution >= 4 is 22.9 Å². The highest BCUT2D eigenvalue weighted by Crippen LogP contribution is 2.30. The zero-order chi connectivity index (χ0) is 12.4. The molecule has 1 N–H and O–H groups in total. The Kier molecular flexibility index (Phi) is 3.82. The lowest BCUT2D eigenvalue weighted by molar-refractivity contribution is 0.223. The summed E-state index contributed by atoms with van der Waals surface area (Å²) in [7, 11) is 0. The van der Waals surface area contributed by atoms with Gasteiger partial charge in [0.05, 0.1) is 5.02 Å². The van der Waals surface area contributed by atoms with Crippen LogP contribution in [0.4, 0.5) is 4.39 Å². The maximum atomic E-state index is 13.3. The van der Waals surface area contributed by atoms with E-state index >= 15 is 0 Å². The van der Waals surface area contributed by atoms with E-state index in [0.29, 0.717) is 5.56 Å². The van der Waals surface area contributed by atoms with Crippen LogP contribution < -0.4 is 0 Å². The lowest BCUT2D eigenvalue weighted by atomic mass is 10.1. The van der Waals surface area contributed by atoms with Crippen molar-refractivity contribution in [3.05, 3.63) is 56.5 Å². The zero-order valence-corrected chi connectivity index (χ0v) is 10.9. The van der Waals surface area contributed by atoms with Crippen LogP contribution in [0.3, 0.4) is 0 Å². The molecule has 2 aromatic rings. The Hall–Kier alpha value is -0.900. The minimum absolute atomic E-state index is 0.0707. The summed E-state index contributed by atoms with van der Waals surface area (Å²) < 4.78 is 13.3. The van der Waals surface area contributed by atoms with Gasteiger partial charge in [-0.1, -0.05) is 24.6 Å². The van der Waals surface area contributed by atoms with Crippen molar-refractivity contribution in [3.63, 3.8) is 0 Å². The fourth-order valence-electron chi connectivity index (χ4n) is 1.58. The molecule has 0 aliphatic carbocycles. The van der Waals surface area contributed by atoms with Crippen LogP contribution in [0.25, 0.3) is 0 Å². The van der Waals surface area contributed by atoms with Crippen LogP contribution in [0.15, 0.2) is 30.3 Å². The molecule has 1 aromatic carbocycles. The number of thiophene rings is 1. The fourth-order valence-corrected chi connectivity index (χ4v) is 2.66. The molecule has 17 heavy (non-hydrogen) atoms. The molecule has 0 bridgehead atoms. The minimum atomic E-state index is -0.785. The Labute approximate surface area is 108 Å². The molecule has 0 aliphatic heterocycles. The van der Waals surface area contributed by atoms with E-state index < -0.39 is 11.9 Å². The van der Waals surface area contributed by atoms with Crippen LogP contribution in [0.1, 0.15) is 28.3 Å². The van der Waals surface area contributed by atoms with Crippen molar-refractivity contribution in [1.82, 2.24) is 0 Å². The van der Waals surface area contributed by atoms with Gasteiger partial charge < -0.3 is 5.11 Å². The van der Waals surface area contributed by atoms with E-state index in [1.165, 1.54) is 17.0 Å². The summed E-state index contributed by atoms with van der Waals surface area (Å²) in [6.07, 6.45) is 0.152. The smallest absolute Gasteiger partial charge is 0.142 e. The Morgan fingerprint density at radius 3 is 2.71 bits per heavy atom. The molecule has 0 spiro atoms. The topological polar surface area (TPSA) is 20.2 Å². The van der Waals surface area contributed by atoms with Crippen LogP contribution in [0.2, 0.25) is 5.02 Å². The second-order valence-electron chi connectivity index (χ2n) is 3.73. The van der Waals surface area contributed by atoms with Gasteiger partial charge in [-0.15, -0.1) is 11.3 Å². The van der Waals surface area contributed by atoms with E-state index in [0.717, 1.165) is 11.3 Å². The summed E-state index contributed by atoms with van der Waals surface area (Å²) in [4.78, 5) is 2.03. The predicted octanol–water partition coefficient (Wildman–Crippen LogP) is 4.18. The first-order chi connectivity index (χ1) is 8.11. The molecular formula is C13H12ClFOS. The summed E-state index contributed by atoms with van der Waals surface area (Å²) in [5, 5.41) is 10.2. The number of benzene rings is 1. The summed E-state index contributed by atoms with van der Waals surface area (Å²) in [5.41, 5.74) is 0.524.